The first-order valence-corrected chi connectivity index (χ1v) is 4.11. The van der Waals surface area contributed by atoms with Crippen molar-refractivity contribution in [1.29, 1.82) is 0 Å². The first-order chi connectivity index (χ1) is 6.13. The van der Waals surface area contributed by atoms with E-state index in [2.05, 4.69) is 0 Å². The molecule has 0 aromatic heterocycles. The second-order valence-electron chi connectivity index (χ2n) is 2.77. The van der Waals surface area contributed by atoms with E-state index in [0.717, 1.165) is 5.56 Å². The normalized spacial score (nSPS) is 9.69. The minimum atomic E-state index is -0.926. The van der Waals surface area contributed by atoms with Gasteiger partial charge in [-0.1, -0.05) is 0 Å². The number of aryl methyl sites for hydroxylation is 1. The molecule has 0 saturated carbocycles. The summed E-state index contributed by atoms with van der Waals surface area (Å²) in [6.07, 6.45) is 0. The number of ether oxygens (including phenoxy) is 1. The molecule has 0 radical (unpaired) electrons. The van der Waals surface area contributed by atoms with Crippen LogP contribution in [0.2, 0.25) is 0 Å². The van der Waals surface area contributed by atoms with Crippen LogP contribution in [0.1, 0.15) is 22.8 Å². The third-order valence-corrected chi connectivity index (χ3v) is 1.61. The van der Waals surface area contributed by atoms with Crippen LogP contribution in [-0.4, -0.2) is 17.7 Å². The molecule has 0 fully saturated rings. The second kappa shape index (κ2) is 3.94. The molecule has 0 saturated heterocycles. The van der Waals surface area contributed by atoms with Crippen LogP contribution in [0.15, 0.2) is 18.2 Å². The van der Waals surface area contributed by atoms with Gasteiger partial charge in [0.15, 0.2) is 0 Å². The van der Waals surface area contributed by atoms with Gasteiger partial charge in [-0.15, -0.1) is 0 Å². The van der Waals surface area contributed by atoms with E-state index in [1.807, 2.05) is 19.9 Å². The summed E-state index contributed by atoms with van der Waals surface area (Å²) in [5.41, 5.74) is 1.16. The van der Waals surface area contributed by atoms with Crippen molar-refractivity contribution in [3.8, 4) is 5.75 Å². The number of hydrogen-bond donors (Lipinski definition) is 1. The molecule has 0 unspecified atom stereocenters. The van der Waals surface area contributed by atoms with Crippen LogP contribution in [0.5, 0.6) is 5.75 Å². The van der Waals surface area contributed by atoms with Gasteiger partial charge in [0.1, 0.15) is 5.75 Å². The predicted octanol–water partition coefficient (Wildman–Crippen LogP) is 2.09. The molecule has 0 bridgehead atoms. The third-order valence-electron chi connectivity index (χ3n) is 1.61. The smallest absolute Gasteiger partial charge is 0.335 e. The van der Waals surface area contributed by atoms with Crippen LogP contribution in [0, 0.1) is 6.92 Å². The summed E-state index contributed by atoms with van der Waals surface area (Å²) >= 11 is 0. The lowest BCUT2D eigenvalue weighted by molar-refractivity contribution is 0.0696. The lowest BCUT2D eigenvalue weighted by Crippen LogP contribution is -1.99. The van der Waals surface area contributed by atoms with E-state index in [4.69, 9.17) is 9.84 Å². The summed E-state index contributed by atoms with van der Waals surface area (Å²) in [6.45, 7) is 4.25. The zero-order chi connectivity index (χ0) is 9.84. The maximum Gasteiger partial charge on any atom is 0.335 e. The van der Waals surface area contributed by atoms with Crippen LogP contribution in [0.25, 0.3) is 0 Å². The minimum absolute atomic E-state index is 0.267. The molecule has 1 aromatic rings. The predicted molar refractivity (Wildman–Crippen MR) is 49.3 cm³/mol. The Labute approximate surface area is 77.0 Å². The average molecular weight is 180 g/mol. The standard InChI is InChI=1S/C10H12O3/c1-3-13-9-5-7(2)4-8(6-9)10(11)12/h4-6H,3H2,1-2H3,(H,11,12). The highest BCUT2D eigenvalue weighted by Gasteiger charge is 2.05. The van der Waals surface area contributed by atoms with Gasteiger partial charge in [-0.2, -0.15) is 0 Å². The van der Waals surface area contributed by atoms with Crippen molar-refractivity contribution in [1.82, 2.24) is 0 Å². The Balaban J connectivity index is 3.03. The van der Waals surface area contributed by atoms with Crippen molar-refractivity contribution in [3.05, 3.63) is 29.3 Å². The molecule has 0 aliphatic rings. The highest BCUT2D eigenvalue weighted by molar-refractivity contribution is 5.88. The van der Waals surface area contributed by atoms with E-state index in [1.165, 1.54) is 6.07 Å². The van der Waals surface area contributed by atoms with Gasteiger partial charge in [0.2, 0.25) is 0 Å². The van der Waals surface area contributed by atoms with E-state index < -0.39 is 5.97 Å². The summed E-state index contributed by atoms with van der Waals surface area (Å²) in [5, 5.41) is 8.75. The molecule has 0 atom stereocenters. The Bertz CT molecular complexity index is 318. The fourth-order valence-corrected chi connectivity index (χ4v) is 1.12. The van der Waals surface area contributed by atoms with Crippen molar-refractivity contribution in [3.63, 3.8) is 0 Å². The molecule has 0 aliphatic carbocycles. The number of carboxylic acid groups (broad SMARTS) is 1. The molecular weight excluding hydrogens is 168 g/mol. The molecule has 3 nitrogen and oxygen atoms in total. The number of carbonyl (C=O) groups is 1. The van der Waals surface area contributed by atoms with Crippen molar-refractivity contribution >= 4 is 5.97 Å². The summed E-state index contributed by atoms with van der Waals surface area (Å²) < 4.78 is 5.21. The second-order valence-corrected chi connectivity index (χ2v) is 2.77. The molecular formula is C10H12O3. The molecule has 3 heteroatoms. The quantitative estimate of drug-likeness (QED) is 0.774. The Hall–Kier alpha value is -1.51. The summed E-state index contributed by atoms with van der Waals surface area (Å²) in [7, 11) is 0. The molecule has 0 spiro atoms. The fourth-order valence-electron chi connectivity index (χ4n) is 1.12. The van der Waals surface area contributed by atoms with Crippen molar-refractivity contribution < 1.29 is 14.6 Å². The van der Waals surface area contributed by atoms with E-state index in [0.29, 0.717) is 12.4 Å². The average Bonchev–Trinajstić information content (AvgIpc) is 2.03. The van der Waals surface area contributed by atoms with Crippen LogP contribution >= 0.6 is 0 Å². The van der Waals surface area contributed by atoms with Crippen LogP contribution < -0.4 is 4.74 Å². The van der Waals surface area contributed by atoms with Crippen LogP contribution in [-0.2, 0) is 0 Å². The first-order valence-electron chi connectivity index (χ1n) is 4.11. The van der Waals surface area contributed by atoms with Gasteiger partial charge in [0, 0.05) is 0 Å². The topological polar surface area (TPSA) is 46.5 Å². The Kier molecular flexibility index (Phi) is 2.90. The lowest BCUT2D eigenvalue weighted by atomic mass is 10.1. The van der Waals surface area contributed by atoms with E-state index in [9.17, 15) is 4.79 Å². The van der Waals surface area contributed by atoms with Crippen molar-refractivity contribution in [2.45, 2.75) is 13.8 Å². The maximum absolute atomic E-state index is 10.7. The molecule has 1 rings (SSSR count). The van der Waals surface area contributed by atoms with Crippen LogP contribution in [0.4, 0.5) is 0 Å². The fraction of sp³-hybridized carbons (Fsp3) is 0.300. The van der Waals surface area contributed by atoms with Gasteiger partial charge in [-0.3, -0.25) is 0 Å². The molecule has 0 aliphatic heterocycles. The SMILES string of the molecule is CCOc1cc(C)cc(C(=O)O)c1. The highest BCUT2D eigenvalue weighted by atomic mass is 16.5. The van der Waals surface area contributed by atoms with Gasteiger partial charge in [0.05, 0.1) is 12.2 Å². The van der Waals surface area contributed by atoms with E-state index >= 15 is 0 Å². The van der Waals surface area contributed by atoms with Gasteiger partial charge in [0.25, 0.3) is 0 Å². The van der Waals surface area contributed by atoms with E-state index in [1.54, 1.807) is 6.07 Å². The summed E-state index contributed by atoms with van der Waals surface area (Å²) in [4.78, 5) is 10.7. The lowest BCUT2D eigenvalue weighted by Gasteiger charge is -2.05. The third kappa shape index (κ3) is 2.47. The highest BCUT2D eigenvalue weighted by Crippen LogP contribution is 2.16. The molecule has 1 aromatic carbocycles. The zero-order valence-electron chi connectivity index (χ0n) is 7.70. The Morgan fingerprint density at radius 3 is 2.69 bits per heavy atom. The molecule has 0 heterocycles. The summed E-state index contributed by atoms with van der Waals surface area (Å²) in [6, 6.07) is 4.96. The number of aromatic carboxylic acids is 1. The first kappa shape index (κ1) is 9.58. The molecule has 1 N–H and O–H groups in total. The number of rotatable bonds is 3. The maximum atomic E-state index is 10.7. The van der Waals surface area contributed by atoms with Crippen molar-refractivity contribution in [2.75, 3.05) is 6.61 Å². The Morgan fingerprint density at radius 2 is 2.15 bits per heavy atom. The number of carboxylic acids is 1. The molecule has 13 heavy (non-hydrogen) atoms. The van der Waals surface area contributed by atoms with Crippen molar-refractivity contribution in [2.24, 2.45) is 0 Å². The van der Waals surface area contributed by atoms with E-state index in [-0.39, 0.29) is 5.56 Å². The number of hydrogen-bond acceptors (Lipinski definition) is 2. The largest absolute Gasteiger partial charge is 0.494 e. The summed E-state index contributed by atoms with van der Waals surface area (Å²) in [5.74, 6) is -0.315. The van der Waals surface area contributed by atoms with Gasteiger partial charge in [-0.25, -0.2) is 4.79 Å². The zero-order valence-corrected chi connectivity index (χ0v) is 7.70. The van der Waals surface area contributed by atoms with Crippen LogP contribution in [0.3, 0.4) is 0 Å². The minimum Gasteiger partial charge on any atom is -0.494 e. The Morgan fingerprint density at radius 1 is 1.46 bits per heavy atom. The molecule has 0 amide bonds. The number of benzene rings is 1. The van der Waals surface area contributed by atoms with Gasteiger partial charge >= 0.3 is 5.97 Å². The molecule has 70 valence electrons. The van der Waals surface area contributed by atoms with Gasteiger partial charge < -0.3 is 9.84 Å². The monoisotopic (exact) mass is 180 g/mol. The van der Waals surface area contributed by atoms with Gasteiger partial charge in [-0.05, 0) is 37.6 Å².